The molecule has 0 fully saturated rings. The summed E-state index contributed by atoms with van der Waals surface area (Å²) < 4.78 is 0. The van der Waals surface area contributed by atoms with Gasteiger partial charge in [0.15, 0.2) is 0 Å². The van der Waals surface area contributed by atoms with Crippen LogP contribution in [0.3, 0.4) is 0 Å². The van der Waals surface area contributed by atoms with Crippen molar-refractivity contribution in [3.05, 3.63) is 0 Å². The third-order valence-electron chi connectivity index (χ3n) is 1.62. The van der Waals surface area contributed by atoms with E-state index in [1.807, 2.05) is 6.26 Å². The average molecular weight is 220 g/mol. The van der Waals surface area contributed by atoms with E-state index in [9.17, 15) is 9.59 Å². The Hall–Kier alpha value is -0.750. The molecule has 1 atom stereocenters. The Balaban J connectivity index is 3.95. The SMILES string of the molecule is CSCC[C@H](NC(=O)CCN)C(=O)O. The molecule has 14 heavy (non-hydrogen) atoms. The molecule has 0 aliphatic rings. The minimum atomic E-state index is -0.996. The molecule has 0 bridgehead atoms. The van der Waals surface area contributed by atoms with Gasteiger partial charge in [0, 0.05) is 13.0 Å². The summed E-state index contributed by atoms with van der Waals surface area (Å²) in [7, 11) is 0. The predicted molar refractivity (Wildman–Crippen MR) is 56.2 cm³/mol. The maximum atomic E-state index is 11.1. The first kappa shape index (κ1) is 13.2. The number of nitrogens with one attached hydrogen (secondary N) is 1. The summed E-state index contributed by atoms with van der Waals surface area (Å²) in [5.74, 6) is -0.592. The molecule has 0 saturated carbocycles. The largest absolute Gasteiger partial charge is 0.480 e. The number of hydrogen-bond donors (Lipinski definition) is 3. The Bertz CT molecular complexity index is 199. The summed E-state index contributed by atoms with van der Waals surface area (Å²) in [6.07, 6.45) is 2.50. The number of carbonyl (C=O) groups excluding carboxylic acids is 1. The van der Waals surface area contributed by atoms with Crippen molar-refractivity contribution in [1.82, 2.24) is 5.32 Å². The zero-order chi connectivity index (χ0) is 11.0. The van der Waals surface area contributed by atoms with Crippen LogP contribution in [0.25, 0.3) is 0 Å². The lowest BCUT2D eigenvalue weighted by Crippen LogP contribution is -2.41. The minimum Gasteiger partial charge on any atom is -0.480 e. The lowest BCUT2D eigenvalue weighted by molar-refractivity contribution is -0.141. The fourth-order valence-corrected chi connectivity index (χ4v) is 1.36. The summed E-state index contributed by atoms with van der Waals surface area (Å²) in [6, 6.07) is -0.790. The fourth-order valence-electron chi connectivity index (χ4n) is 0.891. The number of carboxylic acid groups (broad SMARTS) is 1. The first-order chi connectivity index (χ1) is 6.61. The average Bonchev–Trinajstić information content (AvgIpc) is 2.12. The molecule has 1 amide bonds. The van der Waals surface area contributed by atoms with E-state index in [4.69, 9.17) is 10.8 Å². The van der Waals surface area contributed by atoms with Crippen LogP contribution in [0.2, 0.25) is 0 Å². The van der Waals surface area contributed by atoms with Crippen molar-refractivity contribution in [2.75, 3.05) is 18.6 Å². The van der Waals surface area contributed by atoms with E-state index < -0.39 is 12.0 Å². The van der Waals surface area contributed by atoms with Gasteiger partial charge in [0.1, 0.15) is 6.04 Å². The highest BCUT2D eigenvalue weighted by molar-refractivity contribution is 7.98. The Kier molecular flexibility index (Phi) is 7.23. The molecule has 0 aliphatic heterocycles. The van der Waals surface area contributed by atoms with Gasteiger partial charge in [-0.15, -0.1) is 0 Å². The number of hydrogen-bond acceptors (Lipinski definition) is 4. The summed E-state index contributed by atoms with van der Waals surface area (Å²) in [6.45, 7) is 0.237. The van der Waals surface area contributed by atoms with Crippen molar-refractivity contribution < 1.29 is 14.7 Å². The van der Waals surface area contributed by atoms with Gasteiger partial charge in [-0.1, -0.05) is 0 Å². The van der Waals surface area contributed by atoms with Crippen LogP contribution in [0.4, 0.5) is 0 Å². The maximum Gasteiger partial charge on any atom is 0.326 e. The number of carboxylic acids is 1. The van der Waals surface area contributed by atoms with Crippen LogP contribution in [0.15, 0.2) is 0 Å². The number of carbonyl (C=O) groups is 2. The van der Waals surface area contributed by atoms with Crippen LogP contribution in [0, 0.1) is 0 Å². The third kappa shape index (κ3) is 5.82. The van der Waals surface area contributed by atoms with Crippen molar-refractivity contribution in [1.29, 1.82) is 0 Å². The van der Waals surface area contributed by atoms with Gasteiger partial charge in [0.05, 0.1) is 0 Å². The molecule has 5 nitrogen and oxygen atoms in total. The molecule has 0 radical (unpaired) electrons. The molecule has 82 valence electrons. The van der Waals surface area contributed by atoms with Crippen LogP contribution in [0.1, 0.15) is 12.8 Å². The zero-order valence-corrected chi connectivity index (χ0v) is 8.97. The maximum absolute atomic E-state index is 11.1. The molecule has 4 N–H and O–H groups in total. The Morgan fingerprint density at radius 2 is 2.21 bits per heavy atom. The summed E-state index contributed by atoms with van der Waals surface area (Å²) in [4.78, 5) is 21.7. The van der Waals surface area contributed by atoms with E-state index in [2.05, 4.69) is 5.32 Å². The summed E-state index contributed by atoms with van der Waals surface area (Å²) >= 11 is 1.55. The molecular formula is C8H16N2O3S. The van der Waals surface area contributed by atoms with E-state index >= 15 is 0 Å². The number of nitrogens with two attached hydrogens (primary N) is 1. The van der Waals surface area contributed by atoms with E-state index in [-0.39, 0.29) is 18.9 Å². The highest BCUT2D eigenvalue weighted by atomic mass is 32.2. The van der Waals surface area contributed by atoms with Crippen molar-refractivity contribution in [2.24, 2.45) is 5.73 Å². The third-order valence-corrected chi connectivity index (χ3v) is 2.26. The first-order valence-corrected chi connectivity index (χ1v) is 5.72. The molecular weight excluding hydrogens is 204 g/mol. The van der Waals surface area contributed by atoms with Gasteiger partial charge < -0.3 is 16.2 Å². The zero-order valence-electron chi connectivity index (χ0n) is 8.16. The molecule has 0 aromatic rings. The first-order valence-electron chi connectivity index (χ1n) is 4.33. The highest BCUT2D eigenvalue weighted by Crippen LogP contribution is 2.01. The molecule has 0 aliphatic carbocycles. The minimum absolute atomic E-state index is 0.170. The van der Waals surface area contributed by atoms with Gasteiger partial charge in [0.2, 0.25) is 5.91 Å². The van der Waals surface area contributed by atoms with Crippen LogP contribution in [-0.2, 0) is 9.59 Å². The Morgan fingerprint density at radius 1 is 1.57 bits per heavy atom. The lowest BCUT2D eigenvalue weighted by atomic mass is 10.2. The van der Waals surface area contributed by atoms with Crippen molar-refractivity contribution >= 4 is 23.6 Å². The lowest BCUT2D eigenvalue weighted by Gasteiger charge is -2.13. The highest BCUT2D eigenvalue weighted by Gasteiger charge is 2.18. The van der Waals surface area contributed by atoms with Gasteiger partial charge in [-0.25, -0.2) is 4.79 Å². The van der Waals surface area contributed by atoms with Gasteiger partial charge >= 0.3 is 5.97 Å². The van der Waals surface area contributed by atoms with Crippen LogP contribution >= 0.6 is 11.8 Å². The number of amides is 1. The normalized spacial score (nSPS) is 12.1. The smallest absolute Gasteiger partial charge is 0.326 e. The predicted octanol–water partition coefficient (Wildman–Crippen LogP) is -0.342. The second-order valence-corrected chi connectivity index (χ2v) is 3.76. The molecule has 0 aromatic carbocycles. The van der Waals surface area contributed by atoms with Gasteiger partial charge in [-0.05, 0) is 18.4 Å². The molecule has 0 spiro atoms. The van der Waals surface area contributed by atoms with E-state index in [0.29, 0.717) is 12.2 Å². The van der Waals surface area contributed by atoms with Crippen LogP contribution in [-0.4, -0.2) is 41.6 Å². The van der Waals surface area contributed by atoms with E-state index in [1.54, 1.807) is 11.8 Å². The quantitative estimate of drug-likeness (QED) is 0.546. The van der Waals surface area contributed by atoms with Crippen molar-refractivity contribution in [3.8, 4) is 0 Å². The molecule has 0 saturated heterocycles. The number of aliphatic carboxylic acids is 1. The summed E-state index contributed by atoms with van der Waals surface area (Å²) in [5, 5.41) is 11.2. The van der Waals surface area contributed by atoms with Crippen LogP contribution in [0.5, 0.6) is 0 Å². The Morgan fingerprint density at radius 3 is 2.64 bits per heavy atom. The molecule has 0 rings (SSSR count). The molecule has 0 unspecified atom stereocenters. The van der Waals surface area contributed by atoms with Gasteiger partial charge in [0.25, 0.3) is 0 Å². The standard InChI is InChI=1S/C8H16N2O3S/c1-14-5-3-6(8(12)13)10-7(11)2-4-9/h6H,2-5,9H2,1H3,(H,10,11)(H,12,13)/t6-/m0/s1. The number of thioether (sulfide) groups is 1. The second-order valence-electron chi connectivity index (χ2n) is 2.78. The topological polar surface area (TPSA) is 92.4 Å². The molecule has 6 heteroatoms. The van der Waals surface area contributed by atoms with Crippen LogP contribution < -0.4 is 11.1 Å². The van der Waals surface area contributed by atoms with E-state index in [0.717, 1.165) is 0 Å². The van der Waals surface area contributed by atoms with Crippen molar-refractivity contribution in [2.45, 2.75) is 18.9 Å². The summed E-state index contributed by atoms with van der Waals surface area (Å²) in [5.41, 5.74) is 5.17. The van der Waals surface area contributed by atoms with E-state index in [1.165, 1.54) is 0 Å². The second kappa shape index (κ2) is 7.64. The monoisotopic (exact) mass is 220 g/mol. The van der Waals surface area contributed by atoms with Gasteiger partial charge in [-0.2, -0.15) is 11.8 Å². The fraction of sp³-hybridized carbons (Fsp3) is 0.750. The number of rotatable bonds is 7. The molecule has 0 aromatic heterocycles. The van der Waals surface area contributed by atoms with Crippen molar-refractivity contribution in [3.63, 3.8) is 0 Å². The molecule has 0 heterocycles. The Labute approximate surface area is 87.4 Å². The van der Waals surface area contributed by atoms with Gasteiger partial charge in [-0.3, -0.25) is 4.79 Å².